The summed E-state index contributed by atoms with van der Waals surface area (Å²) in [6.45, 7) is 7.82. The number of ether oxygens (including phenoxy) is 1. The Balaban J connectivity index is 2.69. The molecule has 1 aromatic carbocycles. The van der Waals surface area contributed by atoms with Crippen LogP contribution in [-0.2, 0) is 9.53 Å². The van der Waals surface area contributed by atoms with E-state index in [9.17, 15) is 4.79 Å². The van der Waals surface area contributed by atoms with Gasteiger partial charge in [0.2, 0.25) is 5.91 Å². The van der Waals surface area contributed by atoms with Crippen molar-refractivity contribution in [2.45, 2.75) is 39.3 Å². The van der Waals surface area contributed by atoms with E-state index in [1.807, 2.05) is 52.0 Å². The molecule has 0 aliphatic rings. The summed E-state index contributed by atoms with van der Waals surface area (Å²) in [5.41, 5.74) is 0.625. The zero-order valence-electron chi connectivity index (χ0n) is 12.2. The van der Waals surface area contributed by atoms with Gasteiger partial charge in [-0.3, -0.25) is 4.79 Å². The zero-order valence-corrected chi connectivity index (χ0v) is 13.0. The van der Waals surface area contributed by atoms with E-state index in [0.717, 1.165) is 5.56 Å². The van der Waals surface area contributed by atoms with Crippen molar-refractivity contribution in [3.05, 3.63) is 34.9 Å². The van der Waals surface area contributed by atoms with Crippen LogP contribution in [0, 0.1) is 0 Å². The smallest absolute Gasteiger partial charge is 0.248 e. The molecule has 19 heavy (non-hydrogen) atoms. The van der Waals surface area contributed by atoms with Crippen LogP contribution in [0.4, 0.5) is 0 Å². The number of amides is 1. The molecule has 0 aromatic heterocycles. The first-order valence-electron chi connectivity index (χ1n) is 6.36. The summed E-state index contributed by atoms with van der Waals surface area (Å²) in [5.74, 6) is -0.0534. The lowest BCUT2D eigenvalue weighted by molar-refractivity contribution is -0.141. The van der Waals surface area contributed by atoms with Crippen molar-refractivity contribution in [3.63, 3.8) is 0 Å². The van der Waals surface area contributed by atoms with Crippen LogP contribution in [0.1, 0.15) is 39.3 Å². The molecular formula is C15H22ClNO2. The molecule has 0 aliphatic heterocycles. The fourth-order valence-electron chi connectivity index (χ4n) is 1.62. The molecule has 1 aromatic rings. The molecule has 0 bridgehead atoms. The predicted octanol–water partition coefficient (Wildman–Crippen LogP) is 3.67. The standard InChI is InChI=1S/C15H22ClNO2/c1-11(12-8-6-7-9-13(12)16)17(5)14(18)10-19-15(2,3)4/h6-9,11H,10H2,1-5H3. The van der Waals surface area contributed by atoms with Crippen LogP contribution in [0.2, 0.25) is 5.02 Å². The molecular weight excluding hydrogens is 262 g/mol. The predicted molar refractivity (Wildman–Crippen MR) is 78.3 cm³/mol. The monoisotopic (exact) mass is 283 g/mol. The molecule has 0 heterocycles. The summed E-state index contributed by atoms with van der Waals surface area (Å²) in [7, 11) is 1.77. The third-order valence-electron chi connectivity index (χ3n) is 2.96. The SMILES string of the molecule is CC(c1ccccc1Cl)N(C)C(=O)COC(C)(C)C. The maximum absolute atomic E-state index is 12.1. The summed E-state index contributed by atoms with van der Waals surface area (Å²) < 4.78 is 5.50. The van der Waals surface area contributed by atoms with Gasteiger partial charge < -0.3 is 9.64 Å². The van der Waals surface area contributed by atoms with E-state index in [2.05, 4.69) is 0 Å². The molecule has 0 aliphatic carbocycles. The van der Waals surface area contributed by atoms with E-state index in [0.29, 0.717) is 5.02 Å². The van der Waals surface area contributed by atoms with E-state index in [4.69, 9.17) is 16.3 Å². The lowest BCUT2D eigenvalue weighted by Gasteiger charge is -2.28. The van der Waals surface area contributed by atoms with Crippen molar-refractivity contribution >= 4 is 17.5 Å². The summed E-state index contributed by atoms with van der Waals surface area (Å²) >= 11 is 6.15. The molecule has 1 atom stereocenters. The maximum atomic E-state index is 12.1. The Kier molecular flexibility index (Phi) is 5.39. The number of benzene rings is 1. The second-order valence-corrected chi connectivity index (χ2v) is 6.01. The molecule has 0 radical (unpaired) electrons. The number of carbonyl (C=O) groups is 1. The van der Waals surface area contributed by atoms with E-state index in [1.54, 1.807) is 11.9 Å². The fraction of sp³-hybridized carbons (Fsp3) is 0.533. The van der Waals surface area contributed by atoms with Gasteiger partial charge >= 0.3 is 0 Å². The molecule has 0 fully saturated rings. The number of hydrogen-bond donors (Lipinski definition) is 0. The van der Waals surface area contributed by atoms with Crippen molar-refractivity contribution in [1.82, 2.24) is 4.90 Å². The van der Waals surface area contributed by atoms with Crippen molar-refractivity contribution in [1.29, 1.82) is 0 Å². The quantitative estimate of drug-likeness (QED) is 0.844. The van der Waals surface area contributed by atoms with Crippen molar-refractivity contribution in [2.75, 3.05) is 13.7 Å². The minimum atomic E-state index is -0.315. The Morgan fingerprint density at radius 3 is 2.47 bits per heavy atom. The number of likely N-dealkylation sites (N-methyl/N-ethyl adjacent to an activating group) is 1. The average molecular weight is 284 g/mol. The maximum Gasteiger partial charge on any atom is 0.248 e. The van der Waals surface area contributed by atoms with Gasteiger partial charge in [0.05, 0.1) is 11.6 Å². The lowest BCUT2D eigenvalue weighted by atomic mass is 10.1. The summed E-state index contributed by atoms with van der Waals surface area (Å²) in [4.78, 5) is 13.7. The Labute approximate surface area is 120 Å². The second-order valence-electron chi connectivity index (χ2n) is 5.60. The van der Waals surface area contributed by atoms with Crippen LogP contribution in [0.5, 0.6) is 0 Å². The number of carbonyl (C=O) groups excluding carboxylic acids is 1. The number of rotatable bonds is 4. The average Bonchev–Trinajstić information content (AvgIpc) is 2.34. The molecule has 1 unspecified atom stereocenters. The highest BCUT2D eigenvalue weighted by atomic mass is 35.5. The molecule has 106 valence electrons. The number of hydrogen-bond acceptors (Lipinski definition) is 2. The molecule has 0 spiro atoms. The molecule has 3 nitrogen and oxygen atoms in total. The normalized spacial score (nSPS) is 13.2. The van der Waals surface area contributed by atoms with Gasteiger partial charge in [0.1, 0.15) is 6.61 Å². The third-order valence-corrected chi connectivity index (χ3v) is 3.30. The third kappa shape index (κ3) is 4.84. The molecule has 0 N–H and O–H groups in total. The van der Waals surface area contributed by atoms with Gasteiger partial charge in [-0.25, -0.2) is 0 Å². The van der Waals surface area contributed by atoms with Crippen LogP contribution >= 0.6 is 11.6 Å². The Morgan fingerprint density at radius 1 is 1.37 bits per heavy atom. The highest BCUT2D eigenvalue weighted by molar-refractivity contribution is 6.31. The Hall–Kier alpha value is -1.06. The molecule has 4 heteroatoms. The topological polar surface area (TPSA) is 29.5 Å². The highest BCUT2D eigenvalue weighted by Crippen LogP contribution is 2.26. The fourth-order valence-corrected chi connectivity index (χ4v) is 1.91. The van der Waals surface area contributed by atoms with E-state index < -0.39 is 0 Å². The zero-order chi connectivity index (χ0) is 14.6. The summed E-state index contributed by atoms with van der Waals surface area (Å²) in [6, 6.07) is 7.48. The first kappa shape index (κ1) is 16.0. The first-order chi connectivity index (χ1) is 8.72. The van der Waals surface area contributed by atoms with Gasteiger partial charge in [-0.15, -0.1) is 0 Å². The van der Waals surface area contributed by atoms with Gasteiger partial charge in [-0.2, -0.15) is 0 Å². The van der Waals surface area contributed by atoms with Gasteiger partial charge in [0, 0.05) is 12.1 Å². The van der Waals surface area contributed by atoms with Gasteiger partial charge in [-0.05, 0) is 39.3 Å². The number of nitrogens with zero attached hydrogens (tertiary/aromatic N) is 1. The van der Waals surface area contributed by atoms with Gasteiger partial charge in [0.15, 0.2) is 0 Å². The Morgan fingerprint density at radius 2 is 1.95 bits per heavy atom. The molecule has 0 saturated carbocycles. The highest BCUT2D eigenvalue weighted by Gasteiger charge is 2.21. The van der Waals surface area contributed by atoms with Crippen molar-refractivity contribution < 1.29 is 9.53 Å². The van der Waals surface area contributed by atoms with Crippen LogP contribution in [0.3, 0.4) is 0 Å². The van der Waals surface area contributed by atoms with E-state index in [-0.39, 0.29) is 24.2 Å². The van der Waals surface area contributed by atoms with Gasteiger partial charge in [0.25, 0.3) is 0 Å². The van der Waals surface area contributed by atoms with Crippen LogP contribution in [-0.4, -0.2) is 30.1 Å². The van der Waals surface area contributed by atoms with Gasteiger partial charge in [-0.1, -0.05) is 29.8 Å². The van der Waals surface area contributed by atoms with E-state index >= 15 is 0 Å². The van der Waals surface area contributed by atoms with E-state index in [1.165, 1.54) is 0 Å². The summed E-state index contributed by atoms with van der Waals surface area (Å²) in [6.07, 6.45) is 0. The molecule has 1 rings (SSSR count). The summed E-state index contributed by atoms with van der Waals surface area (Å²) in [5, 5.41) is 0.673. The minimum absolute atomic E-state index is 0.0534. The van der Waals surface area contributed by atoms with Crippen molar-refractivity contribution in [3.8, 4) is 0 Å². The largest absolute Gasteiger partial charge is 0.366 e. The molecule has 1 amide bonds. The van der Waals surface area contributed by atoms with Crippen molar-refractivity contribution in [2.24, 2.45) is 0 Å². The van der Waals surface area contributed by atoms with Crippen LogP contribution < -0.4 is 0 Å². The molecule has 0 saturated heterocycles. The first-order valence-corrected chi connectivity index (χ1v) is 6.74. The lowest BCUT2D eigenvalue weighted by Crippen LogP contribution is -2.35. The minimum Gasteiger partial charge on any atom is -0.366 e. The Bertz CT molecular complexity index is 440. The van der Waals surface area contributed by atoms with Crippen LogP contribution in [0.15, 0.2) is 24.3 Å². The van der Waals surface area contributed by atoms with Crippen LogP contribution in [0.25, 0.3) is 0 Å². The second kappa shape index (κ2) is 6.40. The number of halogens is 1.